The summed E-state index contributed by atoms with van der Waals surface area (Å²) in [5.74, 6) is -0.918. The van der Waals surface area contributed by atoms with Crippen LogP contribution in [-0.2, 0) is 32.7 Å². The highest BCUT2D eigenvalue weighted by Gasteiger charge is 2.48. The lowest BCUT2D eigenvalue weighted by Crippen LogP contribution is -2.62. The van der Waals surface area contributed by atoms with Crippen molar-refractivity contribution in [1.29, 1.82) is 0 Å². The van der Waals surface area contributed by atoms with Crippen LogP contribution in [0.15, 0.2) is 12.3 Å². The number of rotatable bonds is 6. The second kappa shape index (κ2) is 7.51. The van der Waals surface area contributed by atoms with Gasteiger partial charge in [-0.3, -0.25) is 19.2 Å². The molecule has 0 radical (unpaired) electrons. The first-order valence-electron chi connectivity index (χ1n) is 8.41. The van der Waals surface area contributed by atoms with Crippen molar-refractivity contribution >= 4 is 11.9 Å². The fourth-order valence-electron chi connectivity index (χ4n) is 3.37. The van der Waals surface area contributed by atoms with Gasteiger partial charge in [-0.05, 0) is 6.07 Å². The van der Waals surface area contributed by atoms with E-state index >= 15 is 0 Å². The zero-order valence-corrected chi connectivity index (χ0v) is 14.4. The summed E-state index contributed by atoms with van der Waals surface area (Å²) in [5.41, 5.74) is -0.0345. The molecule has 2 aliphatic rings. The fraction of sp³-hybridized carbons (Fsp3) is 0.688. The maximum atomic E-state index is 12.3. The number of ether oxygens (including phenoxy) is 2. The minimum atomic E-state index is -0.939. The first-order valence-corrected chi connectivity index (χ1v) is 8.41. The van der Waals surface area contributed by atoms with E-state index < -0.39 is 11.5 Å². The number of hydrogen-bond acceptors (Lipinski definition) is 6. The van der Waals surface area contributed by atoms with Crippen molar-refractivity contribution in [3.8, 4) is 0 Å². The average Bonchev–Trinajstić information content (AvgIpc) is 3.25. The molecule has 1 aromatic rings. The molecule has 1 aromatic heterocycles. The summed E-state index contributed by atoms with van der Waals surface area (Å²) in [7, 11) is 1.82. The van der Waals surface area contributed by atoms with Crippen molar-refractivity contribution in [2.24, 2.45) is 7.05 Å². The molecule has 0 saturated carbocycles. The Hall–Kier alpha value is -1.97. The van der Waals surface area contributed by atoms with Crippen LogP contribution in [0.1, 0.15) is 12.1 Å². The van der Waals surface area contributed by atoms with Crippen LogP contribution in [-0.4, -0.2) is 88.1 Å². The van der Waals surface area contributed by atoms with Crippen molar-refractivity contribution in [2.75, 3.05) is 46.0 Å². The highest BCUT2D eigenvalue weighted by molar-refractivity contribution is 5.80. The maximum Gasteiger partial charge on any atom is 0.326 e. The largest absolute Gasteiger partial charge is 0.480 e. The number of aryl methyl sites for hydroxylation is 1. The van der Waals surface area contributed by atoms with Gasteiger partial charge < -0.3 is 19.5 Å². The molecule has 1 amide bonds. The molecule has 1 N–H and O–H groups in total. The van der Waals surface area contributed by atoms with Gasteiger partial charge in [0.2, 0.25) is 5.91 Å². The summed E-state index contributed by atoms with van der Waals surface area (Å²) in [4.78, 5) is 27.6. The third-order valence-electron chi connectivity index (χ3n) is 5.03. The van der Waals surface area contributed by atoms with E-state index in [0.29, 0.717) is 45.8 Å². The molecular formula is C16H24N4O5. The summed E-state index contributed by atoms with van der Waals surface area (Å²) < 4.78 is 12.5. The SMILES string of the molecule is Cn1nccc1COCC(=O)N1CCN(C2(C(=O)O)CCOC2)CC1. The summed E-state index contributed by atoms with van der Waals surface area (Å²) in [6.45, 7) is 3.09. The van der Waals surface area contributed by atoms with Crippen LogP contribution >= 0.6 is 0 Å². The molecule has 2 saturated heterocycles. The van der Waals surface area contributed by atoms with Gasteiger partial charge in [-0.15, -0.1) is 0 Å². The molecule has 3 heterocycles. The standard InChI is InChI=1S/C16H24N4O5/c1-18-13(2-4-17-18)10-25-11-14(21)19-5-7-20(8-6-19)16(15(22)23)3-9-24-12-16/h2,4H,3,5-12H2,1H3,(H,22,23). The van der Waals surface area contributed by atoms with Crippen molar-refractivity contribution in [3.63, 3.8) is 0 Å². The Kier molecular flexibility index (Phi) is 5.36. The normalized spacial score (nSPS) is 24.6. The maximum absolute atomic E-state index is 12.3. The number of amides is 1. The van der Waals surface area contributed by atoms with Crippen molar-refractivity contribution in [2.45, 2.75) is 18.6 Å². The number of carboxylic acid groups (broad SMARTS) is 1. The number of piperazine rings is 1. The third-order valence-corrected chi connectivity index (χ3v) is 5.03. The lowest BCUT2D eigenvalue weighted by atomic mass is 9.95. The van der Waals surface area contributed by atoms with Gasteiger partial charge in [0, 0.05) is 52.5 Å². The van der Waals surface area contributed by atoms with E-state index in [1.165, 1.54) is 0 Å². The molecule has 0 bridgehead atoms. The Bertz CT molecular complexity index is 618. The summed E-state index contributed by atoms with van der Waals surface area (Å²) >= 11 is 0. The van der Waals surface area contributed by atoms with Crippen molar-refractivity contribution < 1.29 is 24.2 Å². The van der Waals surface area contributed by atoms with E-state index in [-0.39, 0.29) is 19.1 Å². The molecule has 9 heteroatoms. The zero-order chi connectivity index (χ0) is 17.9. The zero-order valence-electron chi connectivity index (χ0n) is 14.4. The van der Waals surface area contributed by atoms with Crippen LogP contribution in [0.5, 0.6) is 0 Å². The Morgan fingerprint density at radius 2 is 2.12 bits per heavy atom. The van der Waals surface area contributed by atoms with Crippen LogP contribution in [0, 0.1) is 0 Å². The predicted octanol–water partition coefficient (Wildman–Crippen LogP) is -0.675. The van der Waals surface area contributed by atoms with E-state index in [1.807, 2.05) is 18.0 Å². The third kappa shape index (κ3) is 3.68. The summed E-state index contributed by atoms with van der Waals surface area (Å²) in [5, 5.41) is 13.6. The quantitative estimate of drug-likeness (QED) is 0.725. The average molecular weight is 352 g/mol. The van der Waals surface area contributed by atoms with Gasteiger partial charge in [0.25, 0.3) is 0 Å². The Morgan fingerprint density at radius 3 is 2.68 bits per heavy atom. The minimum Gasteiger partial charge on any atom is -0.480 e. The first kappa shape index (κ1) is 17.8. The van der Waals surface area contributed by atoms with E-state index in [4.69, 9.17) is 9.47 Å². The van der Waals surface area contributed by atoms with Gasteiger partial charge in [-0.2, -0.15) is 5.10 Å². The van der Waals surface area contributed by atoms with E-state index in [9.17, 15) is 14.7 Å². The molecular weight excluding hydrogens is 328 g/mol. The molecule has 0 aromatic carbocycles. The number of carboxylic acids is 1. The predicted molar refractivity (Wildman–Crippen MR) is 86.8 cm³/mol. The molecule has 2 aliphatic heterocycles. The number of aliphatic carboxylic acids is 1. The second-order valence-corrected chi connectivity index (χ2v) is 6.45. The van der Waals surface area contributed by atoms with Crippen LogP contribution in [0.3, 0.4) is 0 Å². The number of carbonyl (C=O) groups excluding carboxylic acids is 1. The molecule has 0 aliphatic carbocycles. The highest BCUT2D eigenvalue weighted by atomic mass is 16.5. The molecule has 0 spiro atoms. The molecule has 138 valence electrons. The van der Waals surface area contributed by atoms with Gasteiger partial charge in [0.05, 0.1) is 18.9 Å². The molecule has 25 heavy (non-hydrogen) atoms. The van der Waals surface area contributed by atoms with Crippen molar-refractivity contribution in [3.05, 3.63) is 18.0 Å². The van der Waals surface area contributed by atoms with Crippen LogP contribution < -0.4 is 0 Å². The van der Waals surface area contributed by atoms with Crippen molar-refractivity contribution in [1.82, 2.24) is 19.6 Å². The molecule has 1 atom stereocenters. The van der Waals surface area contributed by atoms with Gasteiger partial charge in [0.1, 0.15) is 12.1 Å². The number of nitrogens with zero attached hydrogens (tertiary/aromatic N) is 4. The molecule has 1 unspecified atom stereocenters. The molecule has 2 fully saturated rings. The first-order chi connectivity index (χ1) is 12.0. The number of hydrogen-bond donors (Lipinski definition) is 1. The van der Waals surface area contributed by atoms with E-state index in [2.05, 4.69) is 5.10 Å². The van der Waals surface area contributed by atoms with Crippen LogP contribution in [0.4, 0.5) is 0 Å². The van der Waals surface area contributed by atoms with E-state index in [1.54, 1.807) is 15.8 Å². The lowest BCUT2D eigenvalue weighted by Gasteiger charge is -2.42. The van der Waals surface area contributed by atoms with E-state index in [0.717, 1.165) is 5.69 Å². The van der Waals surface area contributed by atoms with Gasteiger partial charge in [0.15, 0.2) is 0 Å². The van der Waals surface area contributed by atoms with Crippen LogP contribution in [0.2, 0.25) is 0 Å². The Balaban J connectivity index is 1.46. The monoisotopic (exact) mass is 352 g/mol. The number of aromatic nitrogens is 2. The minimum absolute atomic E-state index is 0.0123. The summed E-state index contributed by atoms with van der Waals surface area (Å²) in [6.07, 6.45) is 2.18. The Labute approximate surface area is 146 Å². The molecule has 3 rings (SSSR count). The van der Waals surface area contributed by atoms with Gasteiger partial charge >= 0.3 is 5.97 Å². The topological polar surface area (TPSA) is 97.1 Å². The smallest absolute Gasteiger partial charge is 0.326 e. The molecule has 9 nitrogen and oxygen atoms in total. The van der Waals surface area contributed by atoms with Gasteiger partial charge in [-0.25, -0.2) is 0 Å². The Morgan fingerprint density at radius 1 is 1.36 bits per heavy atom. The summed E-state index contributed by atoms with van der Waals surface area (Å²) in [6, 6.07) is 1.85. The second-order valence-electron chi connectivity index (χ2n) is 6.45. The number of carbonyl (C=O) groups is 2. The van der Waals surface area contributed by atoms with Crippen LogP contribution in [0.25, 0.3) is 0 Å². The fourth-order valence-corrected chi connectivity index (χ4v) is 3.37. The highest BCUT2D eigenvalue weighted by Crippen LogP contribution is 2.27. The lowest BCUT2D eigenvalue weighted by molar-refractivity contribution is -0.154. The van der Waals surface area contributed by atoms with Gasteiger partial charge in [-0.1, -0.05) is 0 Å².